The number of carbonyl (C=O) groups excluding carboxylic acids is 2. The molecule has 0 spiro atoms. The van der Waals surface area contributed by atoms with Gasteiger partial charge in [-0.05, 0) is 31.4 Å². The average Bonchev–Trinajstić information content (AvgIpc) is 2.96. The van der Waals surface area contributed by atoms with Crippen LogP contribution in [-0.4, -0.2) is 22.7 Å². The van der Waals surface area contributed by atoms with Crippen molar-refractivity contribution in [3.8, 4) is 0 Å². The summed E-state index contributed by atoms with van der Waals surface area (Å²) >= 11 is 6.07. The number of aromatic amines is 1. The maximum absolute atomic E-state index is 13.0. The summed E-state index contributed by atoms with van der Waals surface area (Å²) in [5.41, 5.74) is 1.93. The lowest BCUT2D eigenvalue weighted by molar-refractivity contribution is 0.0909. The van der Waals surface area contributed by atoms with Gasteiger partial charge < -0.3 is 10.3 Å². The molecule has 4 rings (SSSR count). The molecule has 1 heterocycles. The molecular weight excluding hydrogens is 336 g/mol. The number of rotatable bonds is 4. The maximum atomic E-state index is 13.0. The second-order valence-electron chi connectivity index (χ2n) is 6.36. The maximum Gasteiger partial charge on any atom is 0.254 e. The highest BCUT2D eigenvalue weighted by Crippen LogP contribution is 2.28. The number of fused-ring (bicyclic) bond motifs is 1. The van der Waals surface area contributed by atoms with Crippen LogP contribution in [-0.2, 0) is 0 Å². The van der Waals surface area contributed by atoms with Crippen molar-refractivity contribution in [3.63, 3.8) is 0 Å². The standard InChI is InChI=1S/C20H17ClN2O2/c21-13-9-10-15-16(11-13)23-18(19(24)12-5-2-1-3-6-12)17(15)20(25)22-14-7-4-8-14/h1-3,5-6,9-11,14,23H,4,7-8H2,(H,22,25). The highest BCUT2D eigenvalue weighted by Gasteiger charge is 2.27. The normalized spacial score (nSPS) is 14.3. The van der Waals surface area contributed by atoms with Crippen LogP contribution >= 0.6 is 11.6 Å². The number of benzene rings is 2. The molecule has 1 aromatic heterocycles. The van der Waals surface area contributed by atoms with E-state index in [0.717, 1.165) is 19.3 Å². The number of carbonyl (C=O) groups is 2. The molecule has 25 heavy (non-hydrogen) atoms. The fraction of sp³-hybridized carbons (Fsp3) is 0.200. The highest BCUT2D eigenvalue weighted by molar-refractivity contribution is 6.31. The van der Waals surface area contributed by atoms with Crippen LogP contribution < -0.4 is 5.32 Å². The number of hydrogen-bond acceptors (Lipinski definition) is 2. The smallest absolute Gasteiger partial charge is 0.254 e. The van der Waals surface area contributed by atoms with Crippen LogP contribution in [0.3, 0.4) is 0 Å². The quantitative estimate of drug-likeness (QED) is 0.686. The lowest BCUT2D eigenvalue weighted by atomic mass is 9.92. The summed E-state index contributed by atoms with van der Waals surface area (Å²) in [4.78, 5) is 28.9. The molecule has 1 aliphatic rings. The van der Waals surface area contributed by atoms with Gasteiger partial charge in [-0.15, -0.1) is 0 Å². The summed E-state index contributed by atoms with van der Waals surface area (Å²) < 4.78 is 0. The van der Waals surface area contributed by atoms with E-state index in [9.17, 15) is 9.59 Å². The van der Waals surface area contributed by atoms with Gasteiger partial charge >= 0.3 is 0 Å². The van der Waals surface area contributed by atoms with Crippen molar-refractivity contribution in [2.75, 3.05) is 0 Å². The Kier molecular flexibility index (Phi) is 4.06. The monoisotopic (exact) mass is 352 g/mol. The molecule has 1 saturated carbocycles. The van der Waals surface area contributed by atoms with Gasteiger partial charge in [0.2, 0.25) is 5.78 Å². The predicted molar refractivity (Wildman–Crippen MR) is 98.3 cm³/mol. The van der Waals surface area contributed by atoms with Crippen LogP contribution in [0, 0.1) is 0 Å². The molecule has 0 bridgehead atoms. The molecule has 1 fully saturated rings. The van der Waals surface area contributed by atoms with Crippen LogP contribution in [0.2, 0.25) is 5.02 Å². The third kappa shape index (κ3) is 2.94. The van der Waals surface area contributed by atoms with Crippen molar-refractivity contribution >= 4 is 34.2 Å². The summed E-state index contributed by atoms with van der Waals surface area (Å²) in [5, 5.41) is 4.29. The predicted octanol–water partition coefficient (Wildman–Crippen LogP) is 4.33. The van der Waals surface area contributed by atoms with Gasteiger partial charge in [0.1, 0.15) is 5.69 Å². The van der Waals surface area contributed by atoms with Crippen molar-refractivity contribution in [3.05, 3.63) is 70.4 Å². The Hall–Kier alpha value is -2.59. The fourth-order valence-electron chi connectivity index (χ4n) is 3.12. The largest absolute Gasteiger partial charge is 0.351 e. The van der Waals surface area contributed by atoms with Gasteiger partial charge in [-0.1, -0.05) is 48.0 Å². The summed E-state index contributed by atoms with van der Waals surface area (Å²) in [7, 11) is 0. The van der Waals surface area contributed by atoms with E-state index in [4.69, 9.17) is 11.6 Å². The Labute approximate surface area is 150 Å². The first-order chi connectivity index (χ1) is 12.1. The van der Waals surface area contributed by atoms with Gasteiger partial charge in [-0.25, -0.2) is 0 Å². The van der Waals surface area contributed by atoms with E-state index in [0.29, 0.717) is 32.7 Å². The minimum Gasteiger partial charge on any atom is -0.351 e. The third-order valence-corrected chi connectivity index (χ3v) is 4.93. The number of hydrogen-bond donors (Lipinski definition) is 2. The van der Waals surface area contributed by atoms with Crippen molar-refractivity contribution in [1.82, 2.24) is 10.3 Å². The molecule has 126 valence electrons. The molecule has 2 N–H and O–H groups in total. The highest BCUT2D eigenvalue weighted by atomic mass is 35.5. The van der Waals surface area contributed by atoms with E-state index < -0.39 is 0 Å². The summed E-state index contributed by atoms with van der Waals surface area (Å²) in [6.07, 6.45) is 3.11. The Bertz CT molecular complexity index is 958. The first-order valence-corrected chi connectivity index (χ1v) is 8.73. The van der Waals surface area contributed by atoms with Crippen LogP contribution in [0.5, 0.6) is 0 Å². The van der Waals surface area contributed by atoms with Crippen LogP contribution in [0.1, 0.15) is 45.7 Å². The van der Waals surface area contributed by atoms with Gasteiger partial charge in [0.15, 0.2) is 0 Å². The SMILES string of the molecule is O=C(c1ccccc1)c1[nH]c2cc(Cl)ccc2c1C(=O)NC1CCC1. The van der Waals surface area contributed by atoms with E-state index in [1.54, 1.807) is 42.5 Å². The Morgan fingerprint density at radius 2 is 1.84 bits per heavy atom. The Balaban J connectivity index is 1.82. The van der Waals surface area contributed by atoms with Gasteiger partial charge in [-0.2, -0.15) is 0 Å². The third-order valence-electron chi connectivity index (χ3n) is 4.69. The van der Waals surface area contributed by atoms with Crippen molar-refractivity contribution in [1.29, 1.82) is 0 Å². The molecular formula is C20H17ClN2O2. The van der Waals surface area contributed by atoms with Gasteiger partial charge in [0.25, 0.3) is 5.91 Å². The topological polar surface area (TPSA) is 62.0 Å². The lowest BCUT2D eigenvalue weighted by Crippen LogP contribution is -2.39. The lowest BCUT2D eigenvalue weighted by Gasteiger charge is -2.26. The van der Waals surface area contributed by atoms with E-state index in [1.165, 1.54) is 0 Å². The van der Waals surface area contributed by atoms with E-state index in [2.05, 4.69) is 10.3 Å². The molecule has 5 heteroatoms. The summed E-state index contributed by atoms with van der Waals surface area (Å²) in [5.74, 6) is -0.413. The molecule has 0 unspecified atom stereocenters. The minimum atomic E-state index is -0.211. The molecule has 0 radical (unpaired) electrons. The van der Waals surface area contributed by atoms with Crippen LogP contribution in [0.15, 0.2) is 48.5 Å². The Morgan fingerprint density at radius 1 is 1.08 bits per heavy atom. The number of nitrogens with one attached hydrogen (secondary N) is 2. The van der Waals surface area contributed by atoms with Gasteiger partial charge in [0, 0.05) is 27.5 Å². The molecule has 0 aliphatic heterocycles. The zero-order chi connectivity index (χ0) is 17.4. The van der Waals surface area contributed by atoms with Crippen LogP contribution in [0.4, 0.5) is 0 Å². The number of halogens is 1. The Morgan fingerprint density at radius 3 is 2.52 bits per heavy atom. The van der Waals surface area contributed by atoms with Gasteiger partial charge in [0.05, 0.1) is 5.56 Å². The molecule has 0 saturated heterocycles. The molecule has 0 atom stereocenters. The average molecular weight is 353 g/mol. The molecule has 1 amide bonds. The second-order valence-corrected chi connectivity index (χ2v) is 6.80. The minimum absolute atomic E-state index is 0.199. The summed E-state index contributed by atoms with van der Waals surface area (Å²) in [6, 6.07) is 14.4. The molecule has 2 aromatic carbocycles. The number of amides is 1. The molecule has 3 aromatic rings. The van der Waals surface area contributed by atoms with Crippen molar-refractivity contribution in [2.24, 2.45) is 0 Å². The number of ketones is 1. The van der Waals surface area contributed by atoms with Gasteiger partial charge in [-0.3, -0.25) is 9.59 Å². The molecule has 1 aliphatic carbocycles. The zero-order valence-electron chi connectivity index (χ0n) is 13.5. The second kappa shape index (κ2) is 6.37. The zero-order valence-corrected chi connectivity index (χ0v) is 14.3. The molecule has 4 nitrogen and oxygen atoms in total. The van der Waals surface area contributed by atoms with Crippen molar-refractivity contribution < 1.29 is 9.59 Å². The number of aromatic nitrogens is 1. The van der Waals surface area contributed by atoms with E-state index in [-0.39, 0.29) is 17.7 Å². The first kappa shape index (κ1) is 15.9. The van der Waals surface area contributed by atoms with Crippen molar-refractivity contribution in [2.45, 2.75) is 25.3 Å². The number of H-pyrrole nitrogens is 1. The van der Waals surface area contributed by atoms with E-state index >= 15 is 0 Å². The summed E-state index contributed by atoms with van der Waals surface area (Å²) in [6.45, 7) is 0. The van der Waals surface area contributed by atoms with E-state index in [1.807, 2.05) is 6.07 Å². The fourth-order valence-corrected chi connectivity index (χ4v) is 3.29. The first-order valence-electron chi connectivity index (χ1n) is 8.35. The van der Waals surface area contributed by atoms with Crippen LogP contribution in [0.25, 0.3) is 10.9 Å².